The Kier molecular flexibility index (Phi) is 5.91. The maximum Gasteiger partial charge on any atom is 0.253 e. The van der Waals surface area contributed by atoms with Gasteiger partial charge in [0, 0.05) is 24.7 Å². The van der Waals surface area contributed by atoms with Gasteiger partial charge in [0.05, 0.1) is 17.7 Å². The molecule has 8 heteroatoms. The molecule has 6 nitrogen and oxygen atoms in total. The van der Waals surface area contributed by atoms with Crippen molar-refractivity contribution in [1.82, 2.24) is 9.62 Å². The van der Waals surface area contributed by atoms with E-state index in [0.29, 0.717) is 11.3 Å². The zero-order chi connectivity index (χ0) is 20.1. The van der Waals surface area contributed by atoms with Crippen LogP contribution in [0.5, 0.6) is 0 Å². The highest BCUT2D eigenvalue weighted by Gasteiger charge is 2.19. The van der Waals surface area contributed by atoms with Gasteiger partial charge >= 0.3 is 0 Å². The number of carbonyl (C=O) groups is 1. The third kappa shape index (κ3) is 4.65. The topological polar surface area (TPSA) is 79.6 Å². The van der Waals surface area contributed by atoms with Gasteiger partial charge in [0.2, 0.25) is 10.0 Å². The lowest BCUT2D eigenvalue weighted by Gasteiger charge is -2.18. The number of hydrogen-bond acceptors (Lipinski definition) is 4. The van der Waals surface area contributed by atoms with E-state index in [0.717, 1.165) is 0 Å². The Labute approximate surface area is 162 Å². The van der Waals surface area contributed by atoms with Crippen LogP contribution in [0.4, 0.5) is 4.39 Å². The molecule has 2 aromatic carbocycles. The summed E-state index contributed by atoms with van der Waals surface area (Å²) in [5.41, 5.74) is 0.571. The van der Waals surface area contributed by atoms with Crippen LogP contribution in [0.1, 0.15) is 21.7 Å². The van der Waals surface area contributed by atoms with Crippen LogP contribution in [0.3, 0.4) is 0 Å². The first-order valence-electron chi connectivity index (χ1n) is 8.48. The molecule has 0 saturated heterocycles. The van der Waals surface area contributed by atoms with Gasteiger partial charge < -0.3 is 9.32 Å². The van der Waals surface area contributed by atoms with Crippen molar-refractivity contribution in [2.75, 3.05) is 7.05 Å². The predicted octanol–water partition coefficient (Wildman–Crippen LogP) is 3.17. The predicted molar refractivity (Wildman–Crippen MR) is 101 cm³/mol. The Hall–Kier alpha value is -2.97. The molecule has 1 aromatic heterocycles. The van der Waals surface area contributed by atoms with E-state index in [4.69, 9.17) is 4.42 Å². The van der Waals surface area contributed by atoms with E-state index < -0.39 is 21.7 Å². The van der Waals surface area contributed by atoms with E-state index >= 15 is 0 Å². The molecule has 3 rings (SSSR count). The van der Waals surface area contributed by atoms with Crippen molar-refractivity contribution in [1.29, 1.82) is 0 Å². The van der Waals surface area contributed by atoms with Crippen LogP contribution in [-0.4, -0.2) is 26.3 Å². The Balaban J connectivity index is 1.74. The highest BCUT2D eigenvalue weighted by molar-refractivity contribution is 7.89. The zero-order valence-electron chi connectivity index (χ0n) is 15.1. The molecule has 1 amide bonds. The smallest absolute Gasteiger partial charge is 0.253 e. The largest absolute Gasteiger partial charge is 0.468 e. The maximum absolute atomic E-state index is 13.8. The van der Waals surface area contributed by atoms with E-state index in [1.807, 2.05) is 0 Å². The van der Waals surface area contributed by atoms with Gasteiger partial charge in [-0.1, -0.05) is 24.3 Å². The number of sulfonamides is 1. The van der Waals surface area contributed by atoms with Crippen LogP contribution in [0.2, 0.25) is 0 Å². The molecular weight excluding hydrogens is 383 g/mol. The Morgan fingerprint density at radius 1 is 1.11 bits per heavy atom. The maximum atomic E-state index is 13.8. The van der Waals surface area contributed by atoms with Crippen molar-refractivity contribution in [3.05, 3.63) is 89.6 Å². The Morgan fingerprint density at radius 2 is 1.89 bits per heavy atom. The molecular formula is C20H19FN2O4S. The minimum atomic E-state index is -3.82. The van der Waals surface area contributed by atoms with Gasteiger partial charge in [-0.3, -0.25) is 4.79 Å². The molecule has 3 aromatic rings. The normalized spacial score (nSPS) is 11.4. The lowest BCUT2D eigenvalue weighted by atomic mass is 10.1. The molecule has 1 N–H and O–H groups in total. The number of carbonyl (C=O) groups excluding carboxylic acids is 1. The quantitative estimate of drug-likeness (QED) is 0.658. The summed E-state index contributed by atoms with van der Waals surface area (Å²) in [6.07, 6.45) is 1.45. The minimum Gasteiger partial charge on any atom is -0.468 e. The van der Waals surface area contributed by atoms with Gasteiger partial charge in [0.25, 0.3) is 5.91 Å². The third-order valence-corrected chi connectivity index (χ3v) is 5.52. The molecule has 0 bridgehead atoms. The minimum absolute atomic E-state index is 0.000689. The summed E-state index contributed by atoms with van der Waals surface area (Å²) < 4.78 is 46.3. The second kappa shape index (κ2) is 8.37. The molecule has 0 fully saturated rings. The fourth-order valence-electron chi connectivity index (χ4n) is 2.63. The summed E-state index contributed by atoms with van der Waals surface area (Å²) >= 11 is 0. The first-order chi connectivity index (χ1) is 13.4. The van der Waals surface area contributed by atoms with E-state index in [1.165, 1.54) is 48.5 Å². The fraction of sp³-hybridized carbons (Fsp3) is 0.150. The number of rotatable bonds is 7. The first-order valence-corrected chi connectivity index (χ1v) is 9.96. The Bertz CT molecular complexity index is 1070. The van der Waals surface area contributed by atoms with E-state index in [1.54, 1.807) is 30.3 Å². The van der Waals surface area contributed by atoms with E-state index in [2.05, 4.69) is 4.72 Å². The SMILES string of the molecule is CN(Cc1ccccc1F)C(=O)c1cccc(S(=O)(=O)NCc2ccco2)c1. The molecule has 28 heavy (non-hydrogen) atoms. The number of furan rings is 1. The molecule has 0 aliphatic carbocycles. The molecule has 0 spiro atoms. The van der Waals surface area contributed by atoms with Crippen molar-refractivity contribution in [2.24, 2.45) is 0 Å². The summed E-state index contributed by atoms with van der Waals surface area (Å²) in [7, 11) is -2.29. The summed E-state index contributed by atoms with van der Waals surface area (Å²) in [4.78, 5) is 14.0. The van der Waals surface area contributed by atoms with Crippen LogP contribution >= 0.6 is 0 Å². The number of nitrogens with zero attached hydrogens (tertiary/aromatic N) is 1. The van der Waals surface area contributed by atoms with Crippen LogP contribution in [0, 0.1) is 5.82 Å². The monoisotopic (exact) mass is 402 g/mol. The fourth-order valence-corrected chi connectivity index (χ4v) is 3.67. The van der Waals surface area contributed by atoms with Gasteiger partial charge in [-0.2, -0.15) is 0 Å². The molecule has 146 valence electrons. The summed E-state index contributed by atoms with van der Waals surface area (Å²) in [6, 6.07) is 15.2. The van der Waals surface area contributed by atoms with Crippen LogP contribution in [0.25, 0.3) is 0 Å². The molecule has 0 saturated carbocycles. The summed E-state index contributed by atoms with van der Waals surface area (Å²) in [5.74, 6) is -0.340. The summed E-state index contributed by atoms with van der Waals surface area (Å²) in [5, 5.41) is 0. The van der Waals surface area contributed by atoms with Crippen molar-refractivity contribution < 1.29 is 22.0 Å². The lowest BCUT2D eigenvalue weighted by molar-refractivity contribution is 0.0783. The van der Waals surface area contributed by atoms with Gasteiger partial charge in [0.15, 0.2) is 0 Å². The second-order valence-electron chi connectivity index (χ2n) is 6.18. The van der Waals surface area contributed by atoms with Gasteiger partial charge in [0.1, 0.15) is 11.6 Å². The van der Waals surface area contributed by atoms with Crippen molar-refractivity contribution in [2.45, 2.75) is 18.0 Å². The highest BCUT2D eigenvalue weighted by atomic mass is 32.2. The second-order valence-corrected chi connectivity index (χ2v) is 7.95. The van der Waals surface area contributed by atoms with Gasteiger partial charge in [-0.25, -0.2) is 17.5 Å². The molecule has 0 aliphatic heterocycles. The molecule has 0 radical (unpaired) electrons. The van der Waals surface area contributed by atoms with Crippen molar-refractivity contribution in [3.8, 4) is 0 Å². The van der Waals surface area contributed by atoms with E-state index in [-0.39, 0.29) is 23.5 Å². The number of nitrogens with one attached hydrogen (secondary N) is 1. The zero-order valence-corrected chi connectivity index (χ0v) is 15.9. The van der Waals surface area contributed by atoms with E-state index in [9.17, 15) is 17.6 Å². The molecule has 0 aliphatic rings. The highest BCUT2D eigenvalue weighted by Crippen LogP contribution is 2.16. The molecule has 0 atom stereocenters. The number of amides is 1. The Morgan fingerprint density at radius 3 is 2.61 bits per heavy atom. The van der Waals surface area contributed by atoms with Gasteiger partial charge in [-0.15, -0.1) is 0 Å². The number of halogens is 1. The van der Waals surface area contributed by atoms with Gasteiger partial charge in [-0.05, 0) is 36.4 Å². The number of benzene rings is 2. The number of hydrogen-bond donors (Lipinski definition) is 1. The molecule has 1 heterocycles. The lowest BCUT2D eigenvalue weighted by Crippen LogP contribution is -2.27. The first kappa shape index (κ1) is 19.8. The molecule has 0 unspecified atom stereocenters. The van der Waals surface area contributed by atoms with Crippen LogP contribution in [0.15, 0.2) is 76.2 Å². The summed E-state index contributed by atoms with van der Waals surface area (Å²) in [6.45, 7) is 0.0694. The van der Waals surface area contributed by atoms with Crippen molar-refractivity contribution >= 4 is 15.9 Å². The standard InChI is InChI=1S/C20H19FN2O4S/c1-23(14-16-6-2-3-10-19(16)21)20(24)15-7-4-9-18(12-15)28(25,26)22-13-17-8-5-11-27-17/h2-12,22H,13-14H2,1H3. The average molecular weight is 402 g/mol. The van der Waals surface area contributed by atoms with Crippen LogP contribution < -0.4 is 4.72 Å². The third-order valence-electron chi connectivity index (χ3n) is 4.12. The van der Waals surface area contributed by atoms with Crippen molar-refractivity contribution in [3.63, 3.8) is 0 Å². The average Bonchev–Trinajstić information content (AvgIpc) is 3.21. The van der Waals surface area contributed by atoms with Crippen LogP contribution in [-0.2, 0) is 23.1 Å².